The Morgan fingerprint density at radius 3 is 2.81 bits per heavy atom. The van der Waals surface area contributed by atoms with Crippen LogP contribution in [0, 0.1) is 0 Å². The first kappa shape index (κ1) is 14.3. The van der Waals surface area contributed by atoms with Gasteiger partial charge >= 0.3 is 0 Å². The molecule has 0 spiro atoms. The van der Waals surface area contributed by atoms with E-state index in [2.05, 4.69) is 9.97 Å². The number of fused-ring (bicyclic) bond motifs is 6. The van der Waals surface area contributed by atoms with Crippen LogP contribution in [0.5, 0.6) is 11.5 Å². The molecule has 0 N–H and O–H groups in total. The third-order valence-electron chi connectivity index (χ3n) is 4.83. The van der Waals surface area contributed by atoms with Crippen molar-refractivity contribution in [2.45, 2.75) is 0 Å². The molecule has 6 rings (SSSR count). The maximum atomic E-state index is 13.1. The van der Waals surface area contributed by atoms with Crippen LogP contribution >= 0.6 is 0 Å². The highest BCUT2D eigenvalue weighted by atomic mass is 16.7. The van der Waals surface area contributed by atoms with E-state index >= 15 is 0 Å². The minimum absolute atomic E-state index is 0.154. The zero-order chi connectivity index (χ0) is 18.0. The summed E-state index contributed by atoms with van der Waals surface area (Å²) in [5, 5.41) is 0.519. The summed E-state index contributed by atoms with van der Waals surface area (Å²) < 4.78 is 14.3. The highest BCUT2D eigenvalue weighted by Gasteiger charge is 2.16. The Kier molecular flexibility index (Phi) is 2.69. The summed E-state index contributed by atoms with van der Waals surface area (Å²) in [7, 11) is 0. The zero-order valence-corrected chi connectivity index (χ0v) is 14.0. The lowest BCUT2D eigenvalue weighted by Crippen LogP contribution is -2.18. The van der Waals surface area contributed by atoms with Gasteiger partial charge in [-0.15, -0.1) is 0 Å². The van der Waals surface area contributed by atoms with Gasteiger partial charge in [-0.25, -0.2) is 9.97 Å². The molecule has 0 bridgehead atoms. The number of nitrogens with zero attached hydrogens (tertiary/aromatic N) is 4. The minimum atomic E-state index is -0.154. The molecule has 7 nitrogen and oxygen atoms in total. The van der Waals surface area contributed by atoms with Crippen LogP contribution in [0.3, 0.4) is 0 Å². The Bertz CT molecular complexity index is 1430. The van der Waals surface area contributed by atoms with E-state index in [1.54, 1.807) is 29.1 Å². The molecule has 0 saturated heterocycles. The second-order valence-corrected chi connectivity index (χ2v) is 6.32. The van der Waals surface area contributed by atoms with Gasteiger partial charge in [0.2, 0.25) is 12.6 Å². The first-order valence-corrected chi connectivity index (χ1v) is 8.47. The van der Waals surface area contributed by atoms with E-state index < -0.39 is 0 Å². The molecule has 3 aromatic heterocycles. The number of rotatable bonds is 1. The molecular weight excluding hydrogens is 344 g/mol. The van der Waals surface area contributed by atoms with E-state index in [0.29, 0.717) is 28.4 Å². The molecule has 5 aromatic rings. The van der Waals surface area contributed by atoms with Crippen LogP contribution < -0.4 is 15.0 Å². The first-order valence-electron chi connectivity index (χ1n) is 8.47. The van der Waals surface area contributed by atoms with Gasteiger partial charge in [0.1, 0.15) is 0 Å². The van der Waals surface area contributed by atoms with E-state index in [1.807, 2.05) is 40.8 Å². The van der Waals surface area contributed by atoms with Crippen molar-refractivity contribution >= 4 is 27.7 Å². The van der Waals surface area contributed by atoms with Crippen molar-refractivity contribution in [1.29, 1.82) is 0 Å². The van der Waals surface area contributed by atoms with Crippen molar-refractivity contribution in [1.82, 2.24) is 18.9 Å². The molecule has 0 fully saturated rings. The van der Waals surface area contributed by atoms with Crippen LogP contribution in [0.4, 0.5) is 0 Å². The topological polar surface area (TPSA) is 70.7 Å². The van der Waals surface area contributed by atoms with Gasteiger partial charge in [-0.1, -0.05) is 12.1 Å². The van der Waals surface area contributed by atoms with Gasteiger partial charge in [-0.05, 0) is 30.3 Å². The molecule has 7 heteroatoms. The average Bonchev–Trinajstić information content (AvgIpc) is 3.31. The summed E-state index contributed by atoms with van der Waals surface area (Å²) in [6, 6.07) is 15.1. The predicted molar refractivity (Wildman–Crippen MR) is 99.7 cm³/mol. The number of benzene rings is 2. The number of imidazole rings is 1. The molecule has 130 valence electrons. The molecule has 1 aliphatic rings. The van der Waals surface area contributed by atoms with Crippen molar-refractivity contribution in [2.24, 2.45) is 0 Å². The number of ether oxygens (including phenoxy) is 2. The number of hydrogen-bond acceptors (Lipinski definition) is 5. The van der Waals surface area contributed by atoms with Crippen molar-refractivity contribution in [3.63, 3.8) is 0 Å². The molecule has 0 unspecified atom stereocenters. The summed E-state index contributed by atoms with van der Waals surface area (Å²) in [5.74, 6) is 1.89. The van der Waals surface area contributed by atoms with Gasteiger partial charge in [0.15, 0.2) is 11.5 Å². The minimum Gasteiger partial charge on any atom is -0.454 e. The van der Waals surface area contributed by atoms with Crippen LogP contribution in [0.1, 0.15) is 0 Å². The standard InChI is InChI=1S/C20H12N4O3/c25-19-13-10-21-20-22-14-3-1-2-4-16(14)24(20)15(13)7-8-23(19)12-5-6-17-18(9-12)27-11-26-17/h1-10H,11H2. The van der Waals surface area contributed by atoms with Gasteiger partial charge in [-0.2, -0.15) is 0 Å². The molecule has 0 atom stereocenters. The number of hydrogen-bond donors (Lipinski definition) is 0. The summed E-state index contributed by atoms with van der Waals surface area (Å²) in [5.41, 5.74) is 3.10. The summed E-state index contributed by atoms with van der Waals surface area (Å²) >= 11 is 0. The monoisotopic (exact) mass is 356 g/mol. The predicted octanol–water partition coefficient (Wildman–Crippen LogP) is 2.92. The van der Waals surface area contributed by atoms with Crippen molar-refractivity contribution in [3.05, 3.63) is 71.3 Å². The fourth-order valence-electron chi connectivity index (χ4n) is 3.56. The lowest BCUT2D eigenvalue weighted by Gasteiger charge is -2.09. The molecule has 1 aliphatic heterocycles. The highest BCUT2D eigenvalue weighted by Crippen LogP contribution is 2.33. The van der Waals surface area contributed by atoms with Gasteiger partial charge in [0, 0.05) is 18.5 Å². The van der Waals surface area contributed by atoms with Crippen LogP contribution in [-0.4, -0.2) is 25.7 Å². The molecule has 0 aliphatic carbocycles. The molecular formula is C20H12N4O3. The molecule has 2 aromatic carbocycles. The van der Waals surface area contributed by atoms with E-state index in [1.165, 1.54) is 0 Å². The van der Waals surface area contributed by atoms with Crippen molar-refractivity contribution in [2.75, 3.05) is 6.79 Å². The maximum absolute atomic E-state index is 13.1. The molecule has 0 radical (unpaired) electrons. The zero-order valence-electron chi connectivity index (χ0n) is 14.0. The number of aromatic nitrogens is 4. The molecule has 27 heavy (non-hydrogen) atoms. The summed E-state index contributed by atoms with van der Waals surface area (Å²) in [6.45, 7) is 0.195. The van der Waals surface area contributed by atoms with Crippen LogP contribution in [0.2, 0.25) is 0 Å². The van der Waals surface area contributed by atoms with Crippen molar-refractivity contribution in [3.8, 4) is 17.2 Å². The fraction of sp³-hybridized carbons (Fsp3) is 0.0500. The SMILES string of the molecule is O=c1c2cnc3nc4ccccc4n3c2ccn1-c1ccc2c(c1)OCO2. The van der Waals surface area contributed by atoms with Gasteiger partial charge < -0.3 is 9.47 Å². The second-order valence-electron chi connectivity index (χ2n) is 6.32. The van der Waals surface area contributed by atoms with E-state index in [9.17, 15) is 4.79 Å². The van der Waals surface area contributed by atoms with E-state index in [-0.39, 0.29) is 12.4 Å². The van der Waals surface area contributed by atoms with Gasteiger partial charge in [-0.3, -0.25) is 13.8 Å². The highest BCUT2D eigenvalue weighted by molar-refractivity contribution is 5.88. The van der Waals surface area contributed by atoms with Gasteiger partial charge in [0.05, 0.1) is 27.6 Å². The third kappa shape index (κ3) is 1.93. The second kappa shape index (κ2) is 5.07. The van der Waals surface area contributed by atoms with E-state index in [0.717, 1.165) is 16.6 Å². The maximum Gasteiger partial charge on any atom is 0.266 e. The van der Waals surface area contributed by atoms with Crippen molar-refractivity contribution < 1.29 is 9.47 Å². The number of para-hydroxylation sites is 2. The summed E-state index contributed by atoms with van der Waals surface area (Å²) in [4.78, 5) is 22.1. The quantitative estimate of drug-likeness (QED) is 0.462. The smallest absolute Gasteiger partial charge is 0.266 e. The fourth-order valence-corrected chi connectivity index (χ4v) is 3.56. The molecule has 0 saturated carbocycles. The van der Waals surface area contributed by atoms with Crippen LogP contribution in [-0.2, 0) is 0 Å². The first-order chi connectivity index (χ1) is 13.3. The largest absolute Gasteiger partial charge is 0.454 e. The summed E-state index contributed by atoms with van der Waals surface area (Å²) in [6.07, 6.45) is 3.35. The van der Waals surface area contributed by atoms with Gasteiger partial charge in [0.25, 0.3) is 5.56 Å². The Hall–Kier alpha value is -3.87. The average molecular weight is 356 g/mol. The number of pyridine rings is 1. The Labute approximate surface area is 152 Å². The Morgan fingerprint density at radius 2 is 1.85 bits per heavy atom. The van der Waals surface area contributed by atoms with E-state index in [4.69, 9.17) is 9.47 Å². The third-order valence-corrected chi connectivity index (χ3v) is 4.83. The lowest BCUT2D eigenvalue weighted by molar-refractivity contribution is 0.174. The van der Waals surface area contributed by atoms with Crippen LogP contribution in [0.25, 0.3) is 33.4 Å². The van der Waals surface area contributed by atoms with Crippen LogP contribution in [0.15, 0.2) is 65.7 Å². The molecule has 4 heterocycles. The Balaban J connectivity index is 1.65. The Morgan fingerprint density at radius 1 is 0.963 bits per heavy atom. The normalized spacial score (nSPS) is 13.0. The molecule has 0 amide bonds. The lowest BCUT2D eigenvalue weighted by atomic mass is 10.2.